The first kappa shape index (κ1) is 75.1. The average Bonchev–Trinajstić information content (AvgIpc) is 3.44. The molecular weight excluding hydrogens is 961 g/mol. The highest BCUT2D eigenvalue weighted by Crippen LogP contribution is 2.18. The van der Waals surface area contributed by atoms with E-state index in [9.17, 15) is 14.4 Å². The third-order valence-corrected chi connectivity index (χ3v) is 15.3. The van der Waals surface area contributed by atoms with Gasteiger partial charge in [-0.1, -0.05) is 319 Å². The van der Waals surface area contributed by atoms with Crippen molar-refractivity contribution in [2.75, 3.05) is 13.2 Å². The number of esters is 3. The molecule has 78 heavy (non-hydrogen) atoms. The molecule has 454 valence electrons. The Hall–Kier alpha value is -2.89. The lowest BCUT2D eigenvalue weighted by atomic mass is 10.0. The van der Waals surface area contributed by atoms with Gasteiger partial charge in [0.2, 0.25) is 0 Å². The Bertz CT molecular complexity index is 1390. The minimum Gasteiger partial charge on any atom is -0.462 e. The van der Waals surface area contributed by atoms with Gasteiger partial charge in [-0.15, -0.1) is 0 Å². The molecule has 0 rings (SSSR count). The number of hydrogen-bond acceptors (Lipinski definition) is 6. The lowest BCUT2D eigenvalue weighted by Gasteiger charge is -2.18. The van der Waals surface area contributed by atoms with E-state index in [1.807, 2.05) is 0 Å². The van der Waals surface area contributed by atoms with Crippen LogP contribution < -0.4 is 0 Å². The van der Waals surface area contributed by atoms with Crippen molar-refractivity contribution in [1.82, 2.24) is 0 Å². The van der Waals surface area contributed by atoms with Gasteiger partial charge in [-0.25, -0.2) is 0 Å². The van der Waals surface area contributed by atoms with E-state index in [4.69, 9.17) is 14.2 Å². The molecular formula is C72H130O6. The highest BCUT2D eigenvalue weighted by Gasteiger charge is 2.19. The Morgan fingerprint density at radius 3 is 0.795 bits per heavy atom. The van der Waals surface area contributed by atoms with E-state index in [-0.39, 0.29) is 31.1 Å². The Labute approximate surface area is 485 Å². The molecule has 1 unspecified atom stereocenters. The Morgan fingerprint density at radius 2 is 0.500 bits per heavy atom. The Kier molecular flexibility index (Phi) is 64.2. The normalized spacial score (nSPS) is 12.4. The van der Waals surface area contributed by atoms with Gasteiger partial charge in [-0.05, 0) is 83.5 Å². The van der Waals surface area contributed by atoms with Gasteiger partial charge in [0, 0.05) is 19.3 Å². The van der Waals surface area contributed by atoms with Crippen molar-refractivity contribution in [2.24, 2.45) is 0 Å². The van der Waals surface area contributed by atoms with Crippen LogP contribution >= 0.6 is 0 Å². The minimum atomic E-state index is -0.785. The molecule has 6 nitrogen and oxygen atoms in total. The van der Waals surface area contributed by atoms with E-state index in [0.29, 0.717) is 19.3 Å². The Morgan fingerprint density at radius 1 is 0.269 bits per heavy atom. The Balaban J connectivity index is 4.15. The molecule has 6 heteroatoms. The number of allylic oxidation sites excluding steroid dienone is 10. The molecule has 0 heterocycles. The molecule has 0 aliphatic heterocycles. The zero-order chi connectivity index (χ0) is 56.4. The second kappa shape index (κ2) is 66.6. The molecule has 0 saturated carbocycles. The van der Waals surface area contributed by atoms with E-state index in [1.165, 1.54) is 225 Å². The van der Waals surface area contributed by atoms with Crippen LogP contribution in [-0.2, 0) is 28.6 Å². The van der Waals surface area contributed by atoms with Crippen molar-refractivity contribution in [3.05, 3.63) is 60.8 Å². The summed E-state index contributed by atoms with van der Waals surface area (Å²) in [4.78, 5) is 38.3. The molecule has 0 aromatic heterocycles. The summed E-state index contributed by atoms with van der Waals surface area (Å²) < 4.78 is 16.9. The van der Waals surface area contributed by atoms with E-state index >= 15 is 0 Å². The monoisotopic (exact) mass is 1090 g/mol. The fourth-order valence-corrected chi connectivity index (χ4v) is 10.1. The fraction of sp³-hybridized carbons (Fsp3) is 0.819. The smallest absolute Gasteiger partial charge is 0.306 e. The van der Waals surface area contributed by atoms with E-state index < -0.39 is 6.10 Å². The first-order valence-corrected chi connectivity index (χ1v) is 34.3. The topological polar surface area (TPSA) is 78.9 Å². The molecule has 0 aromatic carbocycles. The van der Waals surface area contributed by atoms with E-state index in [2.05, 4.69) is 81.5 Å². The maximum atomic E-state index is 12.9. The van der Waals surface area contributed by atoms with Gasteiger partial charge < -0.3 is 14.2 Å². The zero-order valence-electron chi connectivity index (χ0n) is 52.2. The van der Waals surface area contributed by atoms with Gasteiger partial charge in [0.1, 0.15) is 13.2 Å². The summed E-state index contributed by atoms with van der Waals surface area (Å²) in [6.07, 6.45) is 85.5. The average molecular weight is 1090 g/mol. The fourth-order valence-electron chi connectivity index (χ4n) is 10.1. The summed E-state index contributed by atoms with van der Waals surface area (Å²) in [7, 11) is 0. The van der Waals surface area contributed by atoms with Crippen LogP contribution in [0.1, 0.15) is 361 Å². The van der Waals surface area contributed by atoms with Crippen molar-refractivity contribution in [2.45, 2.75) is 367 Å². The predicted molar refractivity (Wildman–Crippen MR) is 339 cm³/mol. The molecule has 0 N–H and O–H groups in total. The number of carbonyl (C=O) groups is 3. The molecule has 0 fully saturated rings. The van der Waals surface area contributed by atoms with Crippen LogP contribution in [0.5, 0.6) is 0 Å². The number of rotatable bonds is 63. The number of carbonyl (C=O) groups excluding carboxylic acids is 3. The molecule has 0 aromatic rings. The van der Waals surface area contributed by atoms with Gasteiger partial charge in [-0.2, -0.15) is 0 Å². The summed E-state index contributed by atoms with van der Waals surface area (Å²) in [5.74, 6) is -0.884. The molecule has 1 atom stereocenters. The summed E-state index contributed by atoms with van der Waals surface area (Å²) in [6.45, 7) is 6.55. The summed E-state index contributed by atoms with van der Waals surface area (Å²) in [5, 5.41) is 0. The van der Waals surface area contributed by atoms with Crippen molar-refractivity contribution >= 4 is 17.9 Å². The van der Waals surface area contributed by atoms with Crippen LogP contribution in [0.4, 0.5) is 0 Å². The quantitative estimate of drug-likeness (QED) is 0.0261. The number of ether oxygens (including phenoxy) is 3. The second-order valence-corrected chi connectivity index (χ2v) is 23.1. The third-order valence-electron chi connectivity index (χ3n) is 15.3. The van der Waals surface area contributed by atoms with Gasteiger partial charge in [0.05, 0.1) is 0 Å². The number of unbranched alkanes of at least 4 members (excludes halogenated alkanes) is 42. The van der Waals surface area contributed by atoms with Crippen LogP contribution in [0.15, 0.2) is 60.8 Å². The summed E-state index contributed by atoms with van der Waals surface area (Å²) >= 11 is 0. The molecule has 0 amide bonds. The van der Waals surface area contributed by atoms with Crippen molar-refractivity contribution in [1.29, 1.82) is 0 Å². The lowest BCUT2D eigenvalue weighted by molar-refractivity contribution is -0.167. The van der Waals surface area contributed by atoms with Crippen molar-refractivity contribution in [3.8, 4) is 0 Å². The highest BCUT2D eigenvalue weighted by molar-refractivity contribution is 5.71. The van der Waals surface area contributed by atoms with Gasteiger partial charge in [-0.3, -0.25) is 14.4 Å². The first-order valence-electron chi connectivity index (χ1n) is 34.3. The molecule has 0 aliphatic rings. The minimum absolute atomic E-state index is 0.0800. The third kappa shape index (κ3) is 63.9. The van der Waals surface area contributed by atoms with Crippen LogP contribution in [0.25, 0.3) is 0 Å². The zero-order valence-corrected chi connectivity index (χ0v) is 52.2. The molecule has 0 aliphatic carbocycles. The summed E-state index contributed by atoms with van der Waals surface area (Å²) in [6, 6.07) is 0. The van der Waals surface area contributed by atoms with Gasteiger partial charge >= 0.3 is 17.9 Å². The molecule has 0 bridgehead atoms. The van der Waals surface area contributed by atoms with Gasteiger partial charge in [0.25, 0.3) is 0 Å². The largest absolute Gasteiger partial charge is 0.462 e. The lowest BCUT2D eigenvalue weighted by Crippen LogP contribution is -2.30. The maximum absolute atomic E-state index is 12.9. The first-order chi connectivity index (χ1) is 38.5. The van der Waals surface area contributed by atoms with Crippen LogP contribution in [-0.4, -0.2) is 37.2 Å². The van der Waals surface area contributed by atoms with Crippen molar-refractivity contribution < 1.29 is 28.6 Å². The number of hydrogen-bond donors (Lipinski definition) is 0. The molecule has 0 saturated heterocycles. The maximum Gasteiger partial charge on any atom is 0.306 e. The molecule has 0 spiro atoms. The van der Waals surface area contributed by atoms with Crippen LogP contribution in [0.3, 0.4) is 0 Å². The van der Waals surface area contributed by atoms with E-state index in [0.717, 1.165) is 96.3 Å². The van der Waals surface area contributed by atoms with Crippen LogP contribution in [0.2, 0.25) is 0 Å². The predicted octanol–water partition coefficient (Wildman–Crippen LogP) is 23.5. The van der Waals surface area contributed by atoms with Gasteiger partial charge in [0.15, 0.2) is 6.10 Å². The standard InChI is InChI=1S/C72H130O6/c1-4-7-10-13-16-19-22-25-27-29-30-31-32-33-34-35-36-37-38-39-40-41-42-44-45-47-50-53-56-59-62-65-71(74)77-68-69(67-76-70(73)64-61-58-55-52-49-24-21-18-15-12-9-6-3)78-72(75)66-63-60-57-54-51-48-46-43-28-26-23-20-17-14-11-8-5-2/h8,11,17,20,26,28-30,46,48,69H,4-7,9-10,12-16,18-19,21-25,27,31-45,47,49-68H2,1-3H3/b11-8-,20-17-,28-26-,30-29-,48-46-. The highest BCUT2D eigenvalue weighted by atomic mass is 16.6. The molecule has 0 radical (unpaired) electrons. The SMILES string of the molecule is CC/C=C\C/C=C\C/C=C\C/C=C\CCCCCCC(=O)OC(COC(=O)CCCCCCCCCCCCCC)COC(=O)CCCCCCCCCCCCCCCCCCCCC/C=C\CCCCCCCCCC. The van der Waals surface area contributed by atoms with Crippen LogP contribution in [0, 0.1) is 0 Å². The summed E-state index contributed by atoms with van der Waals surface area (Å²) in [5.41, 5.74) is 0. The van der Waals surface area contributed by atoms with E-state index in [1.54, 1.807) is 0 Å². The second-order valence-electron chi connectivity index (χ2n) is 23.1. The van der Waals surface area contributed by atoms with Crippen molar-refractivity contribution in [3.63, 3.8) is 0 Å².